The Bertz CT molecular complexity index is 1050. The first-order valence-electron chi connectivity index (χ1n) is 7.76. The van der Waals surface area contributed by atoms with Gasteiger partial charge in [-0.1, -0.05) is 12.1 Å². The molecule has 114 valence electrons. The molecular formula is C17H16N6. The van der Waals surface area contributed by atoms with Crippen LogP contribution < -0.4 is 5.73 Å². The highest BCUT2D eigenvalue weighted by Gasteiger charge is 2.29. The van der Waals surface area contributed by atoms with Crippen LogP contribution in [0.25, 0.3) is 33.2 Å². The molecule has 0 aliphatic heterocycles. The second-order valence-electron chi connectivity index (χ2n) is 6.18. The molecule has 4 aromatic rings. The molecule has 2 N–H and O–H groups in total. The molecule has 0 amide bonds. The van der Waals surface area contributed by atoms with Crippen LogP contribution in [0.2, 0.25) is 0 Å². The highest BCUT2D eigenvalue weighted by Crippen LogP contribution is 2.40. The molecule has 0 saturated heterocycles. The lowest BCUT2D eigenvalue weighted by Gasteiger charge is -2.02. The van der Waals surface area contributed by atoms with Crippen LogP contribution in [0.5, 0.6) is 0 Å². The first-order chi connectivity index (χ1) is 11.2. The molecule has 3 heterocycles. The van der Waals surface area contributed by atoms with Gasteiger partial charge in [0.15, 0.2) is 5.65 Å². The number of hydrogen-bond acceptors (Lipinski definition) is 4. The van der Waals surface area contributed by atoms with Crippen molar-refractivity contribution in [1.29, 1.82) is 0 Å². The van der Waals surface area contributed by atoms with Gasteiger partial charge in [0.05, 0.1) is 11.4 Å². The lowest BCUT2D eigenvalue weighted by molar-refractivity contribution is 0.660. The Morgan fingerprint density at radius 2 is 2.04 bits per heavy atom. The Morgan fingerprint density at radius 1 is 1.17 bits per heavy atom. The van der Waals surface area contributed by atoms with Crippen molar-refractivity contribution in [2.45, 2.75) is 18.9 Å². The lowest BCUT2D eigenvalue weighted by Crippen LogP contribution is -1.98. The van der Waals surface area contributed by atoms with Crippen molar-refractivity contribution in [3.63, 3.8) is 0 Å². The fourth-order valence-corrected chi connectivity index (χ4v) is 3.18. The summed E-state index contributed by atoms with van der Waals surface area (Å²) in [6, 6.07) is 8.91. The topological polar surface area (TPSA) is 74.5 Å². The van der Waals surface area contributed by atoms with Gasteiger partial charge in [-0.25, -0.2) is 14.6 Å². The zero-order valence-electron chi connectivity index (χ0n) is 12.8. The molecule has 1 aliphatic rings. The number of rotatable bonds is 2. The van der Waals surface area contributed by atoms with Gasteiger partial charge in [0.25, 0.3) is 0 Å². The van der Waals surface area contributed by atoms with Crippen LogP contribution in [0.1, 0.15) is 18.9 Å². The minimum Gasteiger partial charge on any atom is -0.383 e. The molecule has 1 aromatic carbocycles. The minimum absolute atomic E-state index is 0.444. The van der Waals surface area contributed by atoms with Gasteiger partial charge in [-0.2, -0.15) is 5.10 Å². The molecule has 5 rings (SSSR count). The van der Waals surface area contributed by atoms with E-state index in [-0.39, 0.29) is 0 Å². The third-order valence-electron chi connectivity index (χ3n) is 4.57. The SMILES string of the molecule is Cn1ccc2ccc(-c3nn(C4CC4)c4ncnc(N)c34)cc21. The molecular weight excluding hydrogens is 288 g/mol. The zero-order valence-corrected chi connectivity index (χ0v) is 12.8. The van der Waals surface area contributed by atoms with E-state index in [9.17, 15) is 0 Å². The Labute approximate surface area is 132 Å². The Balaban J connectivity index is 1.82. The summed E-state index contributed by atoms with van der Waals surface area (Å²) < 4.78 is 4.12. The van der Waals surface area contributed by atoms with Gasteiger partial charge in [-0.3, -0.25) is 0 Å². The van der Waals surface area contributed by atoms with Gasteiger partial charge in [-0.15, -0.1) is 0 Å². The second kappa shape index (κ2) is 4.32. The van der Waals surface area contributed by atoms with Crippen LogP contribution in [0.15, 0.2) is 36.8 Å². The van der Waals surface area contributed by atoms with Crippen LogP contribution in [-0.2, 0) is 7.05 Å². The van der Waals surface area contributed by atoms with Crippen LogP contribution >= 0.6 is 0 Å². The molecule has 23 heavy (non-hydrogen) atoms. The minimum atomic E-state index is 0.444. The first kappa shape index (κ1) is 12.6. The van der Waals surface area contributed by atoms with Crippen LogP contribution in [-0.4, -0.2) is 24.3 Å². The van der Waals surface area contributed by atoms with Crippen molar-refractivity contribution >= 4 is 27.8 Å². The van der Waals surface area contributed by atoms with Crippen molar-refractivity contribution < 1.29 is 0 Å². The van der Waals surface area contributed by atoms with E-state index in [1.807, 2.05) is 11.7 Å². The van der Waals surface area contributed by atoms with Gasteiger partial charge >= 0.3 is 0 Å². The van der Waals surface area contributed by atoms with Gasteiger partial charge in [0, 0.05) is 24.3 Å². The molecule has 1 fully saturated rings. The maximum atomic E-state index is 6.14. The van der Waals surface area contributed by atoms with Gasteiger partial charge in [-0.05, 0) is 30.4 Å². The van der Waals surface area contributed by atoms with Crippen LogP contribution in [0.4, 0.5) is 5.82 Å². The highest BCUT2D eigenvalue weighted by atomic mass is 15.3. The number of aromatic nitrogens is 5. The van der Waals surface area contributed by atoms with E-state index >= 15 is 0 Å². The second-order valence-corrected chi connectivity index (χ2v) is 6.18. The summed E-state index contributed by atoms with van der Waals surface area (Å²) in [4.78, 5) is 8.59. The fourth-order valence-electron chi connectivity index (χ4n) is 3.18. The van der Waals surface area contributed by atoms with E-state index in [4.69, 9.17) is 10.8 Å². The fraction of sp³-hybridized carbons (Fsp3) is 0.235. The maximum absolute atomic E-state index is 6.14. The smallest absolute Gasteiger partial charge is 0.164 e. The molecule has 1 saturated carbocycles. The summed E-state index contributed by atoms with van der Waals surface area (Å²) in [5.74, 6) is 0.490. The number of anilines is 1. The Kier molecular flexibility index (Phi) is 2.37. The number of nitrogens with zero attached hydrogens (tertiary/aromatic N) is 5. The molecule has 0 radical (unpaired) electrons. The van der Waals surface area contributed by atoms with Crippen molar-refractivity contribution in [2.75, 3.05) is 5.73 Å². The first-order valence-corrected chi connectivity index (χ1v) is 7.76. The molecule has 0 atom stereocenters. The zero-order chi connectivity index (χ0) is 15.6. The number of nitrogens with two attached hydrogens (primary N) is 1. The van der Waals surface area contributed by atoms with Crippen LogP contribution in [0.3, 0.4) is 0 Å². The average Bonchev–Trinajstić information content (AvgIpc) is 3.23. The predicted octanol–water partition coefficient (Wildman–Crippen LogP) is 2.90. The number of fused-ring (bicyclic) bond motifs is 2. The molecule has 6 heteroatoms. The standard InChI is InChI=1S/C17H16N6/c1-22-7-6-10-2-3-11(8-13(10)22)15-14-16(18)19-9-20-17(14)23(21-15)12-4-5-12/h2-3,6-9,12H,4-5H2,1H3,(H2,18,19,20). The summed E-state index contributed by atoms with van der Waals surface area (Å²) >= 11 is 0. The number of aryl methyl sites for hydroxylation is 1. The van der Waals surface area contributed by atoms with Crippen molar-refractivity contribution in [1.82, 2.24) is 24.3 Å². The molecule has 0 spiro atoms. The van der Waals surface area contributed by atoms with Crippen molar-refractivity contribution in [2.24, 2.45) is 7.05 Å². The third-order valence-corrected chi connectivity index (χ3v) is 4.57. The summed E-state index contributed by atoms with van der Waals surface area (Å²) in [5.41, 5.74) is 10.1. The van der Waals surface area contributed by atoms with E-state index in [1.165, 1.54) is 17.2 Å². The molecule has 0 unspecified atom stereocenters. The van der Waals surface area contributed by atoms with E-state index in [1.54, 1.807) is 0 Å². The molecule has 6 nitrogen and oxygen atoms in total. The predicted molar refractivity (Wildman–Crippen MR) is 89.9 cm³/mol. The summed E-state index contributed by atoms with van der Waals surface area (Å²) in [6.07, 6.45) is 5.88. The largest absolute Gasteiger partial charge is 0.383 e. The van der Waals surface area contributed by atoms with Gasteiger partial charge in [0.2, 0.25) is 0 Å². The number of hydrogen-bond donors (Lipinski definition) is 1. The number of nitrogen functional groups attached to an aromatic ring is 1. The van der Waals surface area contributed by atoms with E-state index in [0.717, 1.165) is 35.1 Å². The summed E-state index contributed by atoms with van der Waals surface area (Å²) in [6.45, 7) is 0. The lowest BCUT2D eigenvalue weighted by atomic mass is 10.1. The molecule has 1 aliphatic carbocycles. The highest BCUT2D eigenvalue weighted by molar-refractivity contribution is 6.00. The third kappa shape index (κ3) is 1.78. The number of benzene rings is 1. The van der Waals surface area contributed by atoms with E-state index < -0.39 is 0 Å². The van der Waals surface area contributed by atoms with E-state index in [2.05, 4.69) is 45.0 Å². The van der Waals surface area contributed by atoms with Crippen LogP contribution in [0, 0.1) is 0 Å². The Morgan fingerprint density at radius 3 is 2.87 bits per heavy atom. The quantitative estimate of drug-likeness (QED) is 0.618. The monoisotopic (exact) mass is 304 g/mol. The summed E-state index contributed by atoms with van der Waals surface area (Å²) in [7, 11) is 2.05. The van der Waals surface area contributed by atoms with Gasteiger partial charge in [0.1, 0.15) is 17.8 Å². The normalized spacial score (nSPS) is 14.8. The molecule has 3 aromatic heterocycles. The van der Waals surface area contributed by atoms with E-state index in [0.29, 0.717) is 11.9 Å². The molecule has 0 bridgehead atoms. The average molecular weight is 304 g/mol. The van der Waals surface area contributed by atoms with Crippen molar-refractivity contribution in [3.8, 4) is 11.3 Å². The van der Waals surface area contributed by atoms with Crippen molar-refractivity contribution in [3.05, 3.63) is 36.8 Å². The summed E-state index contributed by atoms with van der Waals surface area (Å²) in [5, 5.41) is 6.90. The maximum Gasteiger partial charge on any atom is 0.164 e. The Hall–Kier alpha value is -2.89. The van der Waals surface area contributed by atoms with Gasteiger partial charge < -0.3 is 10.3 Å².